The van der Waals surface area contributed by atoms with E-state index in [4.69, 9.17) is 22.1 Å². The maximum absolute atomic E-state index is 12.8. The fourth-order valence-electron chi connectivity index (χ4n) is 2.78. The van der Waals surface area contributed by atoms with E-state index in [1.807, 2.05) is 25.1 Å². The Bertz CT molecular complexity index is 719. The van der Waals surface area contributed by atoms with Gasteiger partial charge in [-0.15, -0.1) is 0 Å². The topological polar surface area (TPSA) is 105 Å². The molecule has 0 aliphatic carbocycles. The zero-order valence-electron chi connectivity index (χ0n) is 17.2. The third-order valence-electron chi connectivity index (χ3n) is 4.53. The van der Waals surface area contributed by atoms with Gasteiger partial charge in [0.25, 0.3) is 5.91 Å². The number of hydrazine groups is 1. The summed E-state index contributed by atoms with van der Waals surface area (Å²) in [6.45, 7) is 7.35. The summed E-state index contributed by atoms with van der Waals surface area (Å²) in [6.07, 6.45) is 3.10. The van der Waals surface area contributed by atoms with Gasteiger partial charge < -0.3 is 10.5 Å². The van der Waals surface area contributed by atoms with E-state index in [1.54, 1.807) is 5.01 Å². The standard InChI is InChI=1S/C20H31ClN6O2/c1-3-4-5-8-24-25-18(20(28)26-27-9-11-29-12-10-27)19(22)23-14-16-6-7-17(21)15(2)13-16/h6-7,13,18H,3-5,8-12,14H2,1-2H3,(H2,22,23)(H,26,28). The number of benzene rings is 1. The Morgan fingerprint density at radius 1 is 1.34 bits per heavy atom. The highest BCUT2D eigenvalue weighted by atomic mass is 35.5. The molecule has 160 valence electrons. The van der Waals surface area contributed by atoms with E-state index in [9.17, 15) is 4.79 Å². The number of nitrogens with one attached hydrogen (secondary N) is 1. The predicted octanol–water partition coefficient (Wildman–Crippen LogP) is 2.88. The number of aliphatic imine (C=N–C) groups is 1. The Labute approximate surface area is 177 Å². The van der Waals surface area contributed by atoms with Gasteiger partial charge in [0.15, 0.2) is 0 Å². The summed E-state index contributed by atoms with van der Waals surface area (Å²) in [7, 11) is 0. The van der Waals surface area contributed by atoms with Gasteiger partial charge in [0.05, 0.1) is 26.3 Å². The number of unbranched alkanes of at least 4 members (excludes halogenated alkanes) is 2. The number of halogens is 1. The number of amides is 1. The van der Waals surface area contributed by atoms with Crippen LogP contribution in [0.15, 0.2) is 33.4 Å². The molecule has 1 atom stereocenters. The maximum atomic E-state index is 12.8. The molecule has 29 heavy (non-hydrogen) atoms. The number of morpholine rings is 1. The van der Waals surface area contributed by atoms with Crippen molar-refractivity contribution in [3.05, 3.63) is 34.3 Å². The van der Waals surface area contributed by atoms with Gasteiger partial charge in [0.2, 0.25) is 6.04 Å². The van der Waals surface area contributed by atoms with Gasteiger partial charge in [-0.25, -0.2) is 5.01 Å². The third kappa shape index (κ3) is 8.08. The summed E-state index contributed by atoms with van der Waals surface area (Å²) in [6, 6.07) is 4.72. The summed E-state index contributed by atoms with van der Waals surface area (Å²) < 4.78 is 5.30. The zero-order valence-corrected chi connectivity index (χ0v) is 18.0. The van der Waals surface area contributed by atoms with Crippen LogP contribution in [0.2, 0.25) is 5.02 Å². The molecule has 1 fully saturated rings. The van der Waals surface area contributed by atoms with Gasteiger partial charge >= 0.3 is 0 Å². The van der Waals surface area contributed by atoms with Crippen molar-refractivity contribution in [2.24, 2.45) is 21.0 Å². The third-order valence-corrected chi connectivity index (χ3v) is 4.96. The van der Waals surface area contributed by atoms with Crippen LogP contribution >= 0.6 is 11.6 Å². The molecule has 1 aliphatic heterocycles. The van der Waals surface area contributed by atoms with Gasteiger partial charge in [-0.1, -0.05) is 43.5 Å². The fraction of sp³-hybridized carbons (Fsp3) is 0.600. The second-order valence-electron chi connectivity index (χ2n) is 6.99. The first-order valence-corrected chi connectivity index (χ1v) is 10.4. The van der Waals surface area contributed by atoms with Crippen LogP contribution in [0.5, 0.6) is 0 Å². The second-order valence-corrected chi connectivity index (χ2v) is 7.40. The molecule has 3 N–H and O–H groups in total. The average molecular weight is 423 g/mol. The lowest BCUT2D eigenvalue weighted by Crippen LogP contribution is -2.53. The number of ether oxygens (including phenoxy) is 1. The van der Waals surface area contributed by atoms with E-state index in [0.717, 1.165) is 30.4 Å². The molecule has 0 spiro atoms. The molecule has 9 heteroatoms. The zero-order chi connectivity index (χ0) is 21.1. The Balaban J connectivity index is 2.06. The van der Waals surface area contributed by atoms with E-state index in [2.05, 4.69) is 27.6 Å². The quantitative estimate of drug-likeness (QED) is 0.262. The lowest BCUT2D eigenvalue weighted by Gasteiger charge is -2.27. The molecule has 1 unspecified atom stereocenters. The van der Waals surface area contributed by atoms with Gasteiger partial charge in [-0.05, 0) is 30.5 Å². The SMILES string of the molecule is CCCCCN=NC(C(=O)NN1CCOCC1)C(N)=NCc1ccc(Cl)c(C)c1. The number of aryl methyl sites for hydroxylation is 1. The largest absolute Gasteiger partial charge is 0.385 e. The van der Waals surface area contributed by atoms with E-state index in [0.29, 0.717) is 44.4 Å². The molecule has 1 saturated heterocycles. The van der Waals surface area contributed by atoms with Crippen molar-refractivity contribution < 1.29 is 9.53 Å². The first-order chi connectivity index (χ1) is 14.0. The minimum atomic E-state index is -0.951. The number of carbonyl (C=O) groups is 1. The van der Waals surface area contributed by atoms with Crippen LogP contribution in [0.3, 0.4) is 0 Å². The molecule has 1 amide bonds. The van der Waals surface area contributed by atoms with Crippen molar-refractivity contribution in [2.45, 2.75) is 45.7 Å². The van der Waals surface area contributed by atoms with E-state index < -0.39 is 6.04 Å². The lowest BCUT2D eigenvalue weighted by atomic mass is 10.1. The predicted molar refractivity (Wildman–Crippen MR) is 115 cm³/mol. The summed E-state index contributed by atoms with van der Waals surface area (Å²) in [5.41, 5.74) is 10.9. The van der Waals surface area contributed by atoms with Crippen molar-refractivity contribution in [3.63, 3.8) is 0 Å². The molecule has 1 aliphatic rings. The Morgan fingerprint density at radius 2 is 2.10 bits per heavy atom. The maximum Gasteiger partial charge on any atom is 0.268 e. The molecule has 0 radical (unpaired) electrons. The highest BCUT2D eigenvalue weighted by Gasteiger charge is 2.25. The number of nitrogens with two attached hydrogens (primary N) is 1. The summed E-state index contributed by atoms with van der Waals surface area (Å²) in [5, 5.41) is 10.9. The van der Waals surface area contributed by atoms with Crippen LogP contribution in [0.25, 0.3) is 0 Å². The number of hydrogen-bond donors (Lipinski definition) is 2. The van der Waals surface area contributed by atoms with Crippen molar-refractivity contribution >= 4 is 23.3 Å². The summed E-state index contributed by atoms with van der Waals surface area (Å²) in [5.74, 6) is -0.192. The van der Waals surface area contributed by atoms with Crippen LogP contribution in [-0.2, 0) is 16.1 Å². The molecular formula is C20H31ClN6O2. The van der Waals surface area contributed by atoms with Crippen LogP contribution in [-0.4, -0.2) is 55.6 Å². The van der Waals surface area contributed by atoms with Crippen LogP contribution in [0.1, 0.15) is 37.3 Å². The lowest BCUT2D eigenvalue weighted by molar-refractivity contribution is -0.127. The molecular weight excluding hydrogens is 392 g/mol. The molecule has 0 bridgehead atoms. The average Bonchev–Trinajstić information content (AvgIpc) is 2.72. The van der Waals surface area contributed by atoms with E-state index in [-0.39, 0.29) is 11.7 Å². The number of nitrogens with zero attached hydrogens (tertiary/aromatic N) is 4. The van der Waals surface area contributed by atoms with E-state index in [1.165, 1.54) is 0 Å². The molecule has 8 nitrogen and oxygen atoms in total. The number of carbonyl (C=O) groups excluding carboxylic acids is 1. The number of amidine groups is 1. The number of rotatable bonds is 10. The van der Waals surface area contributed by atoms with Gasteiger partial charge in [-0.2, -0.15) is 10.2 Å². The van der Waals surface area contributed by atoms with Crippen LogP contribution in [0, 0.1) is 6.92 Å². The first kappa shape index (κ1) is 23.3. The summed E-state index contributed by atoms with van der Waals surface area (Å²) >= 11 is 6.07. The van der Waals surface area contributed by atoms with Crippen molar-refractivity contribution in [1.82, 2.24) is 10.4 Å². The van der Waals surface area contributed by atoms with Crippen LogP contribution < -0.4 is 11.2 Å². The van der Waals surface area contributed by atoms with Crippen molar-refractivity contribution in [3.8, 4) is 0 Å². The van der Waals surface area contributed by atoms with Crippen LogP contribution in [0.4, 0.5) is 0 Å². The summed E-state index contributed by atoms with van der Waals surface area (Å²) in [4.78, 5) is 17.1. The molecule has 2 rings (SSSR count). The monoisotopic (exact) mass is 422 g/mol. The van der Waals surface area contributed by atoms with Gasteiger partial charge in [0.1, 0.15) is 5.84 Å². The highest BCUT2D eigenvalue weighted by molar-refractivity contribution is 6.31. The van der Waals surface area contributed by atoms with Crippen molar-refractivity contribution in [1.29, 1.82) is 0 Å². The van der Waals surface area contributed by atoms with E-state index >= 15 is 0 Å². The fourth-order valence-corrected chi connectivity index (χ4v) is 2.90. The number of azo groups is 1. The molecule has 1 aromatic carbocycles. The molecule has 1 aromatic rings. The number of hydrogen-bond acceptors (Lipinski definition) is 6. The molecule has 1 heterocycles. The highest BCUT2D eigenvalue weighted by Crippen LogP contribution is 2.16. The van der Waals surface area contributed by atoms with Gasteiger partial charge in [0, 0.05) is 18.1 Å². The molecule has 0 aromatic heterocycles. The Morgan fingerprint density at radius 3 is 2.79 bits per heavy atom. The smallest absolute Gasteiger partial charge is 0.268 e. The first-order valence-electron chi connectivity index (χ1n) is 10.1. The Hall–Kier alpha value is -2.03. The van der Waals surface area contributed by atoms with Gasteiger partial charge in [-0.3, -0.25) is 15.2 Å². The Kier molecular flexibility index (Phi) is 10.0. The second kappa shape index (κ2) is 12.5. The molecule has 0 saturated carbocycles. The van der Waals surface area contributed by atoms with Crippen molar-refractivity contribution in [2.75, 3.05) is 32.8 Å². The minimum absolute atomic E-state index is 0.141. The minimum Gasteiger partial charge on any atom is -0.385 e. The normalized spacial score (nSPS) is 16.9.